The summed E-state index contributed by atoms with van der Waals surface area (Å²) in [4.78, 5) is 0. The van der Waals surface area contributed by atoms with Crippen molar-refractivity contribution in [2.45, 2.75) is 0 Å². The van der Waals surface area contributed by atoms with Gasteiger partial charge in [0, 0.05) is 20.6 Å². The topological polar surface area (TPSA) is 51.4 Å². The molecule has 90 valence electrons. The largest absolute Gasteiger partial charge is 0.506 e. The Morgan fingerprint density at radius 1 is 1.29 bits per heavy atom. The van der Waals surface area contributed by atoms with Crippen LogP contribution in [-0.2, 0) is 0 Å². The van der Waals surface area contributed by atoms with Crippen molar-refractivity contribution in [1.82, 2.24) is 10.0 Å². The number of hydrogen-bond donors (Lipinski definition) is 1. The molecule has 5 nitrogen and oxygen atoms in total. The van der Waals surface area contributed by atoms with Gasteiger partial charge in [-0.25, -0.2) is 5.01 Å². The van der Waals surface area contributed by atoms with Crippen LogP contribution < -0.4 is 0 Å². The van der Waals surface area contributed by atoms with E-state index in [0.29, 0.717) is 5.69 Å². The first kappa shape index (κ1) is 11.9. The molecule has 0 unspecified atom stereocenters. The molecule has 0 bridgehead atoms. The molecule has 2 rings (SSSR count). The predicted octanol–water partition coefficient (Wildman–Crippen LogP) is 2.76. The van der Waals surface area contributed by atoms with Crippen molar-refractivity contribution in [3.05, 3.63) is 35.1 Å². The molecule has 1 aliphatic heterocycles. The van der Waals surface area contributed by atoms with Crippen molar-refractivity contribution in [2.75, 3.05) is 20.6 Å². The maximum Gasteiger partial charge on any atom is 0.162 e. The van der Waals surface area contributed by atoms with Gasteiger partial charge in [-0.1, -0.05) is 11.6 Å². The number of aromatic hydroxyl groups is 1. The third-order valence-electron chi connectivity index (χ3n) is 2.58. The lowest BCUT2D eigenvalue weighted by Crippen LogP contribution is -2.29. The zero-order valence-corrected chi connectivity index (χ0v) is 10.4. The number of phenols is 1. The first-order valence-electron chi connectivity index (χ1n) is 5.13. The fourth-order valence-electron chi connectivity index (χ4n) is 1.42. The molecule has 0 aliphatic carbocycles. The Morgan fingerprint density at radius 2 is 2.06 bits per heavy atom. The quantitative estimate of drug-likeness (QED) is 0.824. The lowest BCUT2D eigenvalue weighted by Gasteiger charge is -2.21. The van der Waals surface area contributed by atoms with Gasteiger partial charge >= 0.3 is 0 Å². The van der Waals surface area contributed by atoms with E-state index in [2.05, 4.69) is 10.2 Å². The summed E-state index contributed by atoms with van der Waals surface area (Å²) in [5.41, 5.74) is 0.608. The first-order valence-corrected chi connectivity index (χ1v) is 5.51. The summed E-state index contributed by atoms with van der Waals surface area (Å²) in [6.45, 7) is 0.821. The highest BCUT2D eigenvalue weighted by Crippen LogP contribution is 2.28. The summed E-state index contributed by atoms with van der Waals surface area (Å²) < 4.78 is 0. The third-order valence-corrected chi connectivity index (χ3v) is 2.88. The number of phenolic OH excluding ortho intramolecular Hbond substituents is 1. The van der Waals surface area contributed by atoms with Crippen molar-refractivity contribution >= 4 is 17.3 Å². The first-order chi connectivity index (χ1) is 8.08. The van der Waals surface area contributed by atoms with Crippen molar-refractivity contribution in [1.29, 1.82) is 0 Å². The summed E-state index contributed by atoms with van der Waals surface area (Å²) in [5, 5.41) is 21.7. The number of benzene rings is 1. The van der Waals surface area contributed by atoms with Crippen molar-refractivity contribution in [3.63, 3.8) is 0 Å². The van der Waals surface area contributed by atoms with Crippen LogP contribution in [0.2, 0.25) is 5.02 Å². The van der Waals surface area contributed by atoms with E-state index in [9.17, 15) is 5.11 Å². The van der Waals surface area contributed by atoms with E-state index in [1.165, 1.54) is 6.07 Å². The van der Waals surface area contributed by atoms with E-state index >= 15 is 0 Å². The molecule has 0 saturated heterocycles. The molecule has 1 heterocycles. The summed E-state index contributed by atoms with van der Waals surface area (Å²) in [7, 11) is 3.89. The SMILES string of the molecule is CN1CC=C(N=Nc2ccc(O)c(Cl)c2)N1C. The van der Waals surface area contributed by atoms with Gasteiger partial charge in [0.1, 0.15) is 5.75 Å². The molecular weight excluding hydrogens is 240 g/mol. The molecular formula is C11H13ClN4O. The molecule has 0 radical (unpaired) electrons. The minimum absolute atomic E-state index is 0.0440. The molecule has 1 aliphatic rings. The fraction of sp³-hybridized carbons (Fsp3) is 0.273. The molecule has 0 saturated carbocycles. The average molecular weight is 253 g/mol. The second kappa shape index (κ2) is 4.73. The van der Waals surface area contributed by atoms with Crippen LogP contribution in [0.15, 0.2) is 40.3 Å². The minimum atomic E-state index is 0.0440. The van der Waals surface area contributed by atoms with Gasteiger partial charge in [0.2, 0.25) is 0 Å². The minimum Gasteiger partial charge on any atom is -0.506 e. The van der Waals surface area contributed by atoms with E-state index in [4.69, 9.17) is 11.6 Å². The Bertz CT molecular complexity index is 486. The molecule has 1 aromatic rings. The predicted molar refractivity (Wildman–Crippen MR) is 66.1 cm³/mol. The molecule has 0 aromatic heterocycles. The van der Waals surface area contributed by atoms with Crippen LogP contribution in [0.3, 0.4) is 0 Å². The van der Waals surface area contributed by atoms with Crippen LogP contribution in [-0.4, -0.2) is 35.8 Å². The molecule has 0 amide bonds. The molecule has 1 N–H and O–H groups in total. The zero-order valence-electron chi connectivity index (χ0n) is 9.63. The lowest BCUT2D eigenvalue weighted by atomic mass is 10.3. The van der Waals surface area contributed by atoms with Crippen LogP contribution in [0.1, 0.15) is 0 Å². The summed E-state index contributed by atoms with van der Waals surface area (Å²) >= 11 is 5.78. The molecule has 1 aromatic carbocycles. The maximum absolute atomic E-state index is 9.27. The maximum atomic E-state index is 9.27. The zero-order chi connectivity index (χ0) is 12.4. The monoisotopic (exact) mass is 252 g/mol. The van der Waals surface area contributed by atoms with Gasteiger partial charge in [-0.3, -0.25) is 5.01 Å². The third kappa shape index (κ3) is 2.57. The van der Waals surface area contributed by atoms with Crippen LogP contribution in [0.25, 0.3) is 0 Å². The number of hydrogen-bond acceptors (Lipinski definition) is 5. The van der Waals surface area contributed by atoms with Gasteiger partial charge in [0.05, 0.1) is 10.7 Å². The Hall–Kier alpha value is -1.59. The number of nitrogens with zero attached hydrogens (tertiary/aromatic N) is 4. The van der Waals surface area contributed by atoms with Crippen LogP contribution in [0.4, 0.5) is 5.69 Å². The highest BCUT2D eigenvalue weighted by molar-refractivity contribution is 6.32. The summed E-state index contributed by atoms with van der Waals surface area (Å²) in [6, 6.07) is 4.72. The number of halogens is 1. The summed E-state index contributed by atoms with van der Waals surface area (Å²) in [5.74, 6) is 0.833. The average Bonchev–Trinajstić information content (AvgIpc) is 2.62. The Morgan fingerprint density at radius 3 is 2.65 bits per heavy atom. The van der Waals surface area contributed by atoms with Gasteiger partial charge < -0.3 is 5.11 Å². The number of hydrazine groups is 1. The number of likely N-dealkylation sites (N-methyl/N-ethyl adjacent to an activating group) is 1. The van der Waals surface area contributed by atoms with Crippen molar-refractivity contribution in [2.24, 2.45) is 10.2 Å². The Balaban J connectivity index is 2.13. The van der Waals surface area contributed by atoms with Gasteiger partial charge in [-0.2, -0.15) is 0 Å². The lowest BCUT2D eigenvalue weighted by molar-refractivity contribution is 0.100. The van der Waals surface area contributed by atoms with Crippen LogP contribution in [0.5, 0.6) is 5.75 Å². The highest BCUT2D eigenvalue weighted by atomic mass is 35.5. The van der Waals surface area contributed by atoms with Gasteiger partial charge in [-0.05, 0) is 24.3 Å². The van der Waals surface area contributed by atoms with Gasteiger partial charge in [-0.15, -0.1) is 10.2 Å². The Kier molecular flexibility index (Phi) is 3.31. The van der Waals surface area contributed by atoms with Crippen molar-refractivity contribution in [3.8, 4) is 5.75 Å². The fourth-order valence-corrected chi connectivity index (χ4v) is 1.59. The second-order valence-electron chi connectivity index (χ2n) is 3.76. The van der Waals surface area contributed by atoms with Crippen molar-refractivity contribution < 1.29 is 5.11 Å². The van der Waals surface area contributed by atoms with E-state index in [-0.39, 0.29) is 10.8 Å². The highest BCUT2D eigenvalue weighted by Gasteiger charge is 2.15. The second-order valence-corrected chi connectivity index (χ2v) is 4.17. The molecule has 6 heteroatoms. The smallest absolute Gasteiger partial charge is 0.162 e. The molecule has 0 spiro atoms. The number of azo groups is 1. The van der Waals surface area contributed by atoms with Gasteiger partial charge in [0.15, 0.2) is 5.82 Å². The standard InChI is InChI=1S/C11H13ClN4O/c1-15-6-5-11(16(15)2)14-13-8-3-4-10(17)9(12)7-8/h3-5,7,17H,6H2,1-2H3. The van der Waals surface area contributed by atoms with E-state index in [1.54, 1.807) is 12.1 Å². The van der Waals surface area contributed by atoms with E-state index in [0.717, 1.165) is 12.4 Å². The normalized spacial score (nSPS) is 16.9. The molecule has 0 fully saturated rings. The van der Waals surface area contributed by atoms with Crippen LogP contribution >= 0.6 is 11.6 Å². The van der Waals surface area contributed by atoms with Gasteiger partial charge in [0.25, 0.3) is 0 Å². The van der Waals surface area contributed by atoms with E-state index < -0.39 is 0 Å². The molecule has 17 heavy (non-hydrogen) atoms. The number of rotatable bonds is 2. The molecule has 0 atom stereocenters. The van der Waals surface area contributed by atoms with E-state index in [1.807, 2.05) is 30.2 Å². The summed E-state index contributed by atoms with van der Waals surface area (Å²) in [6.07, 6.45) is 1.98. The Labute approximate surface area is 105 Å². The van der Waals surface area contributed by atoms with Crippen LogP contribution in [0, 0.1) is 0 Å².